The molecule has 0 bridgehead atoms. The standard InChI is InChI=1S/C14H24N2O/c1-10(2)9-12-15-14(7-8-14)13(17)16(12)11-5-3-4-6-11/h10-12,15H,3-9H2,1-2H3. The largest absolute Gasteiger partial charge is 0.323 e. The molecule has 1 unspecified atom stereocenters. The minimum atomic E-state index is -0.123. The van der Waals surface area contributed by atoms with Crippen molar-refractivity contribution < 1.29 is 4.79 Å². The number of carbonyl (C=O) groups excluding carboxylic acids is 1. The summed E-state index contributed by atoms with van der Waals surface area (Å²) in [4.78, 5) is 14.8. The molecule has 1 spiro atoms. The smallest absolute Gasteiger partial charge is 0.244 e. The Hall–Kier alpha value is -0.570. The van der Waals surface area contributed by atoms with Crippen LogP contribution >= 0.6 is 0 Å². The lowest BCUT2D eigenvalue weighted by Crippen LogP contribution is -2.44. The highest BCUT2D eigenvalue weighted by molar-refractivity contribution is 5.92. The summed E-state index contributed by atoms with van der Waals surface area (Å²) in [5.41, 5.74) is -0.123. The van der Waals surface area contributed by atoms with Gasteiger partial charge in [0.1, 0.15) is 0 Å². The number of hydrogen-bond acceptors (Lipinski definition) is 2. The maximum absolute atomic E-state index is 12.5. The van der Waals surface area contributed by atoms with E-state index >= 15 is 0 Å². The first kappa shape index (κ1) is 11.5. The Morgan fingerprint density at radius 3 is 2.53 bits per heavy atom. The summed E-state index contributed by atoms with van der Waals surface area (Å²) in [6, 6.07) is 0.527. The van der Waals surface area contributed by atoms with Crippen molar-refractivity contribution in [1.29, 1.82) is 0 Å². The lowest BCUT2D eigenvalue weighted by atomic mass is 10.1. The van der Waals surface area contributed by atoms with Gasteiger partial charge in [-0.05, 0) is 38.0 Å². The van der Waals surface area contributed by atoms with Crippen LogP contribution in [0.5, 0.6) is 0 Å². The van der Waals surface area contributed by atoms with Crippen LogP contribution in [0.3, 0.4) is 0 Å². The van der Waals surface area contributed by atoms with E-state index in [1.165, 1.54) is 25.7 Å². The van der Waals surface area contributed by atoms with Crippen LogP contribution in [0.25, 0.3) is 0 Å². The van der Waals surface area contributed by atoms with E-state index in [1.807, 2.05) is 0 Å². The number of hydrogen-bond donors (Lipinski definition) is 1. The van der Waals surface area contributed by atoms with Crippen molar-refractivity contribution in [2.75, 3.05) is 0 Å². The number of nitrogens with zero attached hydrogens (tertiary/aromatic N) is 1. The maximum atomic E-state index is 12.5. The Labute approximate surface area is 104 Å². The van der Waals surface area contributed by atoms with Gasteiger partial charge in [0.2, 0.25) is 5.91 Å². The number of rotatable bonds is 3. The van der Waals surface area contributed by atoms with Gasteiger partial charge in [0.25, 0.3) is 0 Å². The molecule has 3 fully saturated rings. The lowest BCUT2D eigenvalue weighted by molar-refractivity contribution is -0.133. The summed E-state index contributed by atoms with van der Waals surface area (Å²) in [5, 5.41) is 3.63. The van der Waals surface area contributed by atoms with Crippen LogP contribution < -0.4 is 5.32 Å². The van der Waals surface area contributed by atoms with Crippen molar-refractivity contribution in [2.24, 2.45) is 5.92 Å². The van der Waals surface area contributed by atoms with E-state index < -0.39 is 0 Å². The van der Waals surface area contributed by atoms with Crippen LogP contribution in [-0.4, -0.2) is 28.6 Å². The molecule has 0 aromatic carbocycles. The van der Waals surface area contributed by atoms with E-state index in [2.05, 4.69) is 24.1 Å². The molecule has 1 amide bonds. The van der Waals surface area contributed by atoms with Gasteiger partial charge in [0.05, 0.1) is 11.7 Å². The molecule has 2 aliphatic carbocycles. The number of nitrogens with one attached hydrogen (secondary N) is 1. The number of amides is 1. The van der Waals surface area contributed by atoms with Gasteiger partial charge in [-0.2, -0.15) is 0 Å². The summed E-state index contributed by atoms with van der Waals surface area (Å²) in [6.07, 6.45) is 8.58. The van der Waals surface area contributed by atoms with Gasteiger partial charge in [-0.15, -0.1) is 0 Å². The van der Waals surface area contributed by atoms with Crippen molar-refractivity contribution in [3.63, 3.8) is 0 Å². The van der Waals surface area contributed by atoms with Crippen molar-refractivity contribution in [2.45, 2.75) is 76.5 Å². The quantitative estimate of drug-likeness (QED) is 0.815. The van der Waals surface area contributed by atoms with Crippen molar-refractivity contribution in [3.05, 3.63) is 0 Å². The van der Waals surface area contributed by atoms with Gasteiger partial charge < -0.3 is 4.90 Å². The highest BCUT2D eigenvalue weighted by Gasteiger charge is 2.60. The SMILES string of the molecule is CC(C)CC1NC2(CC2)C(=O)N1C1CCCC1. The highest BCUT2D eigenvalue weighted by Crippen LogP contribution is 2.45. The average molecular weight is 236 g/mol. The molecule has 1 atom stereocenters. The fourth-order valence-electron chi connectivity index (χ4n) is 3.54. The molecule has 0 aromatic heterocycles. The molecule has 1 N–H and O–H groups in total. The Morgan fingerprint density at radius 2 is 2.00 bits per heavy atom. The van der Waals surface area contributed by atoms with E-state index in [0.717, 1.165) is 19.3 Å². The monoisotopic (exact) mass is 236 g/mol. The Balaban J connectivity index is 1.78. The molecule has 1 saturated heterocycles. The van der Waals surface area contributed by atoms with Gasteiger partial charge in [-0.25, -0.2) is 0 Å². The molecule has 3 aliphatic rings. The van der Waals surface area contributed by atoms with Crippen LogP contribution in [0, 0.1) is 5.92 Å². The van der Waals surface area contributed by atoms with E-state index in [1.54, 1.807) is 0 Å². The minimum absolute atomic E-state index is 0.123. The summed E-state index contributed by atoms with van der Waals surface area (Å²) in [5.74, 6) is 1.06. The zero-order valence-electron chi connectivity index (χ0n) is 11.0. The van der Waals surface area contributed by atoms with Gasteiger partial charge in [-0.1, -0.05) is 26.7 Å². The predicted molar refractivity (Wildman–Crippen MR) is 67.4 cm³/mol. The van der Waals surface area contributed by atoms with Crippen molar-refractivity contribution in [1.82, 2.24) is 10.2 Å². The third-order valence-corrected chi connectivity index (χ3v) is 4.59. The molecule has 3 heteroatoms. The zero-order valence-corrected chi connectivity index (χ0v) is 11.0. The lowest BCUT2D eigenvalue weighted by Gasteiger charge is -2.31. The fraction of sp³-hybridized carbons (Fsp3) is 0.929. The highest BCUT2D eigenvalue weighted by atomic mass is 16.2. The Kier molecular flexibility index (Phi) is 2.69. The van der Waals surface area contributed by atoms with Crippen molar-refractivity contribution in [3.8, 4) is 0 Å². The third kappa shape index (κ3) is 1.88. The topological polar surface area (TPSA) is 32.3 Å². The minimum Gasteiger partial charge on any atom is -0.323 e. The second-order valence-corrected chi connectivity index (χ2v) is 6.52. The molecule has 0 radical (unpaired) electrons. The average Bonchev–Trinajstić information content (AvgIpc) is 2.74. The van der Waals surface area contributed by atoms with Crippen LogP contribution in [-0.2, 0) is 4.79 Å². The summed E-state index contributed by atoms with van der Waals surface area (Å²) in [6.45, 7) is 4.49. The predicted octanol–water partition coefficient (Wildman–Crippen LogP) is 2.27. The van der Waals surface area contributed by atoms with E-state index in [-0.39, 0.29) is 5.54 Å². The molecule has 3 rings (SSSR count). The normalized spacial score (nSPS) is 32.1. The molecule has 96 valence electrons. The molecule has 2 saturated carbocycles. The van der Waals surface area contributed by atoms with Crippen LogP contribution in [0.2, 0.25) is 0 Å². The van der Waals surface area contributed by atoms with Crippen LogP contribution in [0.4, 0.5) is 0 Å². The molecule has 17 heavy (non-hydrogen) atoms. The molecule has 1 aliphatic heterocycles. The molecule has 1 heterocycles. The number of carbonyl (C=O) groups is 1. The van der Waals surface area contributed by atoms with Crippen molar-refractivity contribution >= 4 is 5.91 Å². The first-order valence-electron chi connectivity index (χ1n) is 7.23. The second kappa shape index (κ2) is 3.98. The molecular weight excluding hydrogens is 212 g/mol. The van der Waals surface area contributed by atoms with Crippen LogP contribution in [0.15, 0.2) is 0 Å². The third-order valence-electron chi connectivity index (χ3n) is 4.59. The first-order valence-corrected chi connectivity index (χ1v) is 7.23. The summed E-state index contributed by atoms with van der Waals surface area (Å²) in [7, 11) is 0. The van der Waals surface area contributed by atoms with E-state index in [9.17, 15) is 4.79 Å². The van der Waals surface area contributed by atoms with Gasteiger partial charge in [-0.3, -0.25) is 10.1 Å². The van der Waals surface area contributed by atoms with Gasteiger partial charge in [0.15, 0.2) is 0 Å². The second-order valence-electron chi connectivity index (χ2n) is 6.52. The van der Waals surface area contributed by atoms with Gasteiger partial charge >= 0.3 is 0 Å². The first-order chi connectivity index (χ1) is 8.12. The maximum Gasteiger partial charge on any atom is 0.244 e. The Morgan fingerprint density at radius 1 is 1.35 bits per heavy atom. The summed E-state index contributed by atoms with van der Waals surface area (Å²) >= 11 is 0. The van der Waals surface area contributed by atoms with Crippen LogP contribution in [0.1, 0.15) is 58.8 Å². The van der Waals surface area contributed by atoms with Gasteiger partial charge in [0, 0.05) is 6.04 Å². The zero-order chi connectivity index (χ0) is 12.0. The van der Waals surface area contributed by atoms with E-state index in [0.29, 0.717) is 24.0 Å². The summed E-state index contributed by atoms with van der Waals surface area (Å²) < 4.78 is 0. The fourth-order valence-corrected chi connectivity index (χ4v) is 3.54. The molecule has 3 nitrogen and oxygen atoms in total. The van der Waals surface area contributed by atoms with E-state index in [4.69, 9.17) is 0 Å². The molecular formula is C14H24N2O. The Bertz CT molecular complexity index is 316. The molecule has 0 aromatic rings.